The Morgan fingerprint density at radius 2 is 2.11 bits per heavy atom. The van der Waals surface area contributed by atoms with Gasteiger partial charge in [0.05, 0.1) is 0 Å². The molecule has 1 aliphatic heterocycles. The molecule has 3 rings (SSSR count). The molecule has 1 aromatic carbocycles. The van der Waals surface area contributed by atoms with Gasteiger partial charge >= 0.3 is 0 Å². The SMILES string of the molecule is CC1CCC(NCc2cccc3c2NCC3)CC1C. The Kier molecular flexibility index (Phi) is 3.79. The Morgan fingerprint density at radius 3 is 2.95 bits per heavy atom. The molecule has 3 atom stereocenters. The highest BCUT2D eigenvalue weighted by atomic mass is 14.9. The molecule has 0 radical (unpaired) electrons. The molecule has 0 bridgehead atoms. The predicted molar refractivity (Wildman–Crippen MR) is 81.4 cm³/mol. The average Bonchev–Trinajstić information content (AvgIpc) is 2.89. The smallest absolute Gasteiger partial charge is 0.0419 e. The Bertz CT molecular complexity index is 441. The highest BCUT2D eigenvalue weighted by Crippen LogP contribution is 2.30. The van der Waals surface area contributed by atoms with E-state index >= 15 is 0 Å². The van der Waals surface area contributed by atoms with E-state index in [1.165, 1.54) is 42.5 Å². The maximum absolute atomic E-state index is 3.78. The summed E-state index contributed by atoms with van der Waals surface area (Å²) in [6.07, 6.45) is 5.24. The lowest BCUT2D eigenvalue weighted by Gasteiger charge is -2.32. The quantitative estimate of drug-likeness (QED) is 0.866. The van der Waals surface area contributed by atoms with Crippen molar-refractivity contribution in [3.63, 3.8) is 0 Å². The number of benzene rings is 1. The van der Waals surface area contributed by atoms with E-state index in [0.717, 1.165) is 24.9 Å². The molecule has 1 aromatic rings. The van der Waals surface area contributed by atoms with Crippen LogP contribution in [0.1, 0.15) is 44.2 Å². The van der Waals surface area contributed by atoms with Crippen LogP contribution in [-0.4, -0.2) is 12.6 Å². The number of hydrogen-bond acceptors (Lipinski definition) is 2. The number of hydrogen-bond donors (Lipinski definition) is 2. The molecule has 2 aliphatic rings. The Hall–Kier alpha value is -1.02. The third-order valence-electron chi connectivity index (χ3n) is 5.11. The minimum absolute atomic E-state index is 0.712. The Labute approximate surface area is 117 Å². The van der Waals surface area contributed by atoms with Gasteiger partial charge in [0.2, 0.25) is 0 Å². The molecular weight excluding hydrogens is 232 g/mol. The van der Waals surface area contributed by atoms with Crippen LogP contribution in [0.4, 0.5) is 5.69 Å². The summed E-state index contributed by atoms with van der Waals surface area (Å²) in [7, 11) is 0. The van der Waals surface area contributed by atoms with Gasteiger partial charge in [-0.3, -0.25) is 0 Å². The molecule has 104 valence electrons. The zero-order valence-corrected chi connectivity index (χ0v) is 12.2. The lowest BCUT2D eigenvalue weighted by Crippen LogP contribution is -2.35. The predicted octanol–water partition coefficient (Wildman–Crippen LogP) is 3.57. The summed E-state index contributed by atoms with van der Waals surface area (Å²) >= 11 is 0. The number of anilines is 1. The number of fused-ring (bicyclic) bond motifs is 1. The fraction of sp³-hybridized carbons (Fsp3) is 0.647. The topological polar surface area (TPSA) is 24.1 Å². The fourth-order valence-corrected chi connectivity index (χ4v) is 3.55. The monoisotopic (exact) mass is 258 g/mol. The van der Waals surface area contributed by atoms with Gasteiger partial charge in [-0.25, -0.2) is 0 Å². The molecule has 0 amide bonds. The van der Waals surface area contributed by atoms with Gasteiger partial charge in [-0.2, -0.15) is 0 Å². The second-order valence-corrected chi connectivity index (χ2v) is 6.47. The summed E-state index contributed by atoms with van der Waals surface area (Å²) in [4.78, 5) is 0. The van der Waals surface area contributed by atoms with E-state index in [1.807, 2.05) is 0 Å². The molecule has 3 unspecified atom stereocenters. The van der Waals surface area contributed by atoms with Crippen molar-refractivity contribution < 1.29 is 0 Å². The molecule has 1 aliphatic carbocycles. The van der Waals surface area contributed by atoms with Crippen molar-refractivity contribution in [2.45, 2.75) is 52.1 Å². The molecule has 0 aromatic heterocycles. The molecule has 2 N–H and O–H groups in total. The number of para-hydroxylation sites is 1. The molecule has 1 saturated carbocycles. The molecular formula is C17H26N2. The third-order valence-corrected chi connectivity index (χ3v) is 5.11. The first-order valence-corrected chi connectivity index (χ1v) is 7.82. The van der Waals surface area contributed by atoms with E-state index in [9.17, 15) is 0 Å². The highest BCUT2D eigenvalue weighted by Gasteiger charge is 2.24. The second kappa shape index (κ2) is 5.54. The van der Waals surface area contributed by atoms with Crippen molar-refractivity contribution in [1.82, 2.24) is 5.32 Å². The van der Waals surface area contributed by atoms with Gasteiger partial charge in [0.25, 0.3) is 0 Å². The first kappa shape index (κ1) is 13.0. The third kappa shape index (κ3) is 2.79. The van der Waals surface area contributed by atoms with E-state index in [0.29, 0.717) is 6.04 Å². The molecule has 2 nitrogen and oxygen atoms in total. The summed E-state index contributed by atoms with van der Waals surface area (Å²) in [5.74, 6) is 1.77. The second-order valence-electron chi connectivity index (χ2n) is 6.47. The highest BCUT2D eigenvalue weighted by molar-refractivity contribution is 5.61. The maximum Gasteiger partial charge on any atom is 0.0419 e. The molecule has 19 heavy (non-hydrogen) atoms. The first-order valence-electron chi connectivity index (χ1n) is 7.82. The molecule has 2 heteroatoms. The normalized spacial score (nSPS) is 29.9. The zero-order valence-electron chi connectivity index (χ0n) is 12.2. The first-order chi connectivity index (χ1) is 9.24. The maximum atomic E-state index is 3.78. The minimum Gasteiger partial charge on any atom is -0.384 e. The van der Waals surface area contributed by atoms with Gasteiger partial charge in [-0.05, 0) is 48.6 Å². The van der Waals surface area contributed by atoms with Gasteiger partial charge in [0, 0.05) is 24.8 Å². The molecule has 1 fully saturated rings. The van der Waals surface area contributed by atoms with Crippen LogP contribution in [0.3, 0.4) is 0 Å². The van der Waals surface area contributed by atoms with Crippen molar-refractivity contribution in [2.75, 3.05) is 11.9 Å². The summed E-state index contributed by atoms with van der Waals surface area (Å²) in [5.41, 5.74) is 4.33. The molecule has 0 saturated heterocycles. The van der Waals surface area contributed by atoms with E-state index in [-0.39, 0.29) is 0 Å². The van der Waals surface area contributed by atoms with Crippen LogP contribution in [-0.2, 0) is 13.0 Å². The fourth-order valence-electron chi connectivity index (χ4n) is 3.55. The lowest BCUT2D eigenvalue weighted by atomic mass is 9.79. The van der Waals surface area contributed by atoms with Crippen molar-refractivity contribution in [3.05, 3.63) is 29.3 Å². The van der Waals surface area contributed by atoms with Crippen LogP contribution in [0.25, 0.3) is 0 Å². The molecule has 0 spiro atoms. The van der Waals surface area contributed by atoms with Crippen LogP contribution in [0.5, 0.6) is 0 Å². The van der Waals surface area contributed by atoms with Gasteiger partial charge in [0.1, 0.15) is 0 Å². The summed E-state index contributed by atoms with van der Waals surface area (Å²) in [5, 5.41) is 7.31. The zero-order chi connectivity index (χ0) is 13.2. The lowest BCUT2D eigenvalue weighted by molar-refractivity contribution is 0.225. The minimum atomic E-state index is 0.712. The van der Waals surface area contributed by atoms with E-state index in [2.05, 4.69) is 42.7 Å². The van der Waals surface area contributed by atoms with Crippen molar-refractivity contribution >= 4 is 5.69 Å². The Balaban J connectivity index is 1.60. The van der Waals surface area contributed by atoms with Crippen LogP contribution in [0, 0.1) is 11.8 Å². The molecule has 1 heterocycles. The summed E-state index contributed by atoms with van der Waals surface area (Å²) in [6, 6.07) is 7.43. The average molecular weight is 258 g/mol. The standard InChI is InChI=1S/C17H26N2/c1-12-6-7-16(10-13(12)2)19-11-15-5-3-4-14-8-9-18-17(14)15/h3-5,12-13,16,18-19H,6-11H2,1-2H3. The van der Waals surface area contributed by atoms with Gasteiger partial charge in [-0.1, -0.05) is 32.0 Å². The van der Waals surface area contributed by atoms with Gasteiger partial charge < -0.3 is 10.6 Å². The van der Waals surface area contributed by atoms with Crippen LogP contribution >= 0.6 is 0 Å². The van der Waals surface area contributed by atoms with E-state index in [4.69, 9.17) is 0 Å². The summed E-state index contributed by atoms with van der Waals surface area (Å²) in [6.45, 7) is 6.92. The largest absolute Gasteiger partial charge is 0.384 e. The van der Waals surface area contributed by atoms with Crippen molar-refractivity contribution in [2.24, 2.45) is 11.8 Å². The van der Waals surface area contributed by atoms with E-state index < -0.39 is 0 Å². The number of rotatable bonds is 3. The Morgan fingerprint density at radius 1 is 1.21 bits per heavy atom. The van der Waals surface area contributed by atoms with Crippen LogP contribution < -0.4 is 10.6 Å². The summed E-state index contributed by atoms with van der Waals surface area (Å²) < 4.78 is 0. The van der Waals surface area contributed by atoms with Gasteiger partial charge in [0.15, 0.2) is 0 Å². The number of nitrogens with one attached hydrogen (secondary N) is 2. The van der Waals surface area contributed by atoms with Gasteiger partial charge in [-0.15, -0.1) is 0 Å². The van der Waals surface area contributed by atoms with Crippen molar-refractivity contribution in [1.29, 1.82) is 0 Å². The van der Waals surface area contributed by atoms with Crippen LogP contribution in [0.15, 0.2) is 18.2 Å². The van der Waals surface area contributed by atoms with Crippen LogP contribution in [0.2, 0.25) is 0 Å². The van der Waals surface area contributed by atoms with Crippen molar-refractivity contribution in [3.8, 4) is 0 Å². The van der Waals surface area contributed by atoms with E-state index in [1.54, 1.807) is 0 Å².